The van der Waals surface area contributed by atoms with E-state index in [1.165, 1.54) is 18.3 Å². The highest BCUT2D eigenvalue weighted by Gasteiger charge is 2.32. The summed E-state index contributed by atoms with van der Waals surface area (Å²) in [6, 6.07) is 5.90. The van der Waals surface area contributed by atoms with Crippen molar-refractivity contribution >= 4 is 40.7 Å². The van der Waals surface area contributed by atoms with E-state index in [1.807, 2.05) is 0 Å². The molecule has 10 heteroatoms. The molecule has 22 heavy (non-hydrogen) atoms. The smallest absolute Gasteiger partial charge is 0.316 e. The summed E-state index contributed by atoms with van der Waals surface area (Å²) >= 11 is 1.00. The van der Waals surface area contributed by atoms with Gasteiger partial charge in [0.2, 0.25) is 5.91 Å². The Kier molecular flexibility index (Phi) is 4.84. The number of thioether (sulfide) groups is 1. The normalized spacial score (nSPS) is 19.5. The molecule has 1 aliphatic rings. The molecule has 3 N–H and O–H groups in total. The average Bonchev–Trinajstić information content (AvgIpc) is 2.79. The molecule has 1 heterocycles. The molecule has 1 saturated heterocycles. The molecule has 0 spiro atoms. The highest BCUT2D eigenvalue weighted by molar-refractivity contribution is 8.15. The summed E-state index contributed by atoms with van der Waals surface area (Å²) in [4.78, 5) is 32.4. The summed E-state index contributed by atoms with van der Waals surface area (Å²) in [5, 5.41) is 26.9. The minimum atomic E-state index is -1.06. The Morgan fingerprint density at radius 3 is 2.68 bits per heavy atom. The number of carboxylic acid groups (broad SMARTS) is 1. The van der Waals surface area contributed by atoms with Gasteiger partial charge in [0.1, 0.15) is 5.25 Å². The van der Waals surface area contributed by atoms with E-state index in [0.29, 0.717) is 5.56 Å². The number of carbonyl (C=O) groups excluding carboxylic acids is 1. The maximum atomic E-state index is 11.5. The Bertz CT molecular complexity index is 671. The quantitative estimate of drug-likeness (QED) is 0.544. The van der Waals surface area contributed by atoms with E-state index in [2.05, 4.69) is 15.5 Å². The van der Waals surface area contributed by atoms with Crippen LogP contribution in [0.4, 0.5) is 5.69 Å². The SMILES string of the molecule is O=C(O)CC1S/C(=N\N=C\c2ccc([N+](=O)O)cc2)NC1=O. The largest absolute Gasteiger partial charge is 0.481 e. The predicted molar refractivity (Wildman–Crippen MR) is 78.3 cm³/mol. The summed E-state index contributed by atoms with van der Waals surface area (Å²) in [7, 11) is 0. The first-order valence-electron chi connectivity index (χ1n) is 6.02. The zero-order chi connectivity index (χ0) is 16.1. The topological polar surface area (TPSA) is 131 Å². The van der Waals surface area contributed by atoms with Gasteiger partial charge in [0, 0.05) is 12.1 Å². The van der Waals surface area contributed by atoms with Gasteiger partial charge in [-0.2, -0.15) is 5.10 Å². The molecule has 1 unspecified atom stereocenters. The van der Waals surface area contributed by atoms with Crippen LogP contribution in [0.1, 0.15) is 12.0 Å². The van der Waals surface area contributed by atoms with Crippen molar-refractivity contribution in [1.82, 2.24) is 5.32 Å². The number of hydrogen-bond acceptors (Lipinski definition) is 6. The molecule has 1 fully saturated rings. The van der Waals surface area contributed by atoms with Crippen molar-refractivity contribution in [1.29, 1.82) is 0 Å². The lowest BCUT2D eigenvalue weighted by Crippen LogP contribution is -2.26. The van der Waals surface area contributed by atoms with E-state index < -0.39 is 17.1 Å². The first kappa shape index (κ1) is 15.6. The Morgan fingerprint density at radius 1 is 1.41 bits per heavy atom. The highest BCUT2D eigenvalue weighted by Crippen LogP contribution is 2.22. The zero-order valence-electron chi connectivity index (χ0n) is 11.0. The van der Waals surface area contributed by atoms with Crippen molar-refractivity contribution in [2.45, 2.75) is 11.7 Å². The van der Waals surface area contributed by atoms with Crippen molar-refractivity contribution in [2.75, 3.05) is 0 Å². The second-order valence-electron chi connectivity index (χ2n) is 4.21. The van der Waals surface area contributed by atoms with Gasteiger partial charge in [-0.25, -0.2) is 5.21 Å². The van der Waals surface area contributed by atoms with Crippen molar-refractivity contribution in [3.05, 3.63) is 34.7 Å². The van der Waals surface area contributed by atoms with Crippen molar-refractivity contribution in [3.63, 3.8) is 0 Å². The van der Waals surface area contributed by atoms with E-state index in [-0.39, 0.29) is 22.2 Å². The predicted octanol–water partition coefficient (Wildman–Crippen LogP) is 0.882. The molecule has 9 nitrogen and oxygen atoms in total. The fourth-order valence-electron chi connectivity index (χ4n) is 1.58. The van der Waals surface area contributed by atoms with Crippen molar-refractivity contribution < 1.29 is 24.8 Å². The first-order valence-corrected chi connectivity index (χ1v) is 6.90. The number of benzene rings is 1. The maximum absolute atomic E-state index is 11.5. The minimum absolute atomic E-state index is 0.0820. The molecular weight excluding hydrogens is 312 g/mol. The Balaban J connectivity index is 1.98. The minimum Gasteiger partial charge on any atom is -0.481 e. The summed E-state index contributed by atoms with van der Waals surface area (Å²) in [6.07, 6.45) is 1.11. The number of rotatable bonds is 5. The van der Waals surface area contributed by atoms with E-state index >= 15 is 0 Å². The number of nitrogens with zero attached hydrogens (tertiary/aromatic N) is 3. The van der Waals surface area contributed by atoms with Crippen molar-refractivity contribution in [3.8, 4) is 0 Å². The second-order valence-corrected chi connectivity index (χ2v) is 5.40. The van der Waals surface area contributed by atoms with E-state index in [4.69, 9.17) is 10.3 Å². The van der Waals surface area contributed by atoms with Crippen LogP contribution in [0.2, 0.25) is 0 Å². The molecule has 1 aromatic rings. The molecule has 114 valence electrons. The van der Waals surface area contributed by atoms with Gasteiger partial charge in [0.25, 0.3) is 4.92 Å². The van der Waals surface area contributed by atoms with Gasteiger partial charge < -0.3 is 10.4 Å². The van der Waals surface area contributed by atoms with Gasteiger partial charge in [-0.05, 0) is 17.7 Å². The van der Waals surface area contributed by atoms with E-state index in [1.54, 1.807) is 12.1 Å². The van der Waals surface area contributed by atoms with Crippen LogP contribution in [0.25, 0.3) is 0 Å². The summed E-state index contributed by atoms with van der Waals surface area (Å²) in [5.41, 5.74) is 0.713. The Labute approximate surface area is 128 Å². The van der Waals surface area contributed by atoms with Crippen LogP contribution < -0.4 is 5.32 Å². The van der Waals surface area contributed by atoms with Crippen LogP contribution >= 0.6 is 11.8 Å². The van der Waals surface area contributed by atoms with Crippen LogP contribution in [0, 0.1) is 4.91 Å². The monoisotopic (exact) mass is 323 g/mol. The summed E-state index contributed by atoms with van der Waals surface area (Å²) in [5.74, 6) is -1.47. The number of nitrogens with one attached hydrogen (secondary N) is 1. The Hall–Kier alpha value is -2.75. The highest BCUT2D eigenvalue weighted by atomic mass is 32.2. The molecule has 0 saturated carbocycles. The molecule has 1 amide bonds. The molecular formula is C12H11N4O5S+. The fourth-order valence-corrected chi connectivity index (χ4v) is 2.50. The number of amidine groups is 1. The van der Waals surface area contributed by atoms with Gasteiger partial charge >= 0.3 is 11.7 Å². The number of hydrogen-bond donors (Lipinski definition) is 3. The van der Waals surface area contributed by atoms with Crippen LogP contribution in [-0.4, -0.2) is 43.7 Å². The van der Waals surface area contributed by atoms with Crippen LogP contribution in [-0.2, 0) is 9.59 Å². The maximum Gasteiger partial charge on any atom is 0.316 e. The molecule has 2 rings (SSSR count). The lowest BCUT2D eigenvalue weighted by molar-refractivity contribution is -0.729. The fraction of sp³-hybridized carbons (Fsp3) is 0.167. The van der Waals surface area contributed by atoms with Gasteiger partial charge in [-0.3, -0.25) is 9.59 Å². The molecule has 1 aliphatic heterocycles. The average molecular weight is 323 g/mol. The third kappa shape index (κ3) is 4.12. The summed E-state index contributed by atoms with van der Waals surface area (Å²) in [6.45, 7) is 0. The third-order valence-corrected chi connectivity index (χ3v) is 3.68. The zero-order valence-corrected chi connectivity index (χ0v) is 11.9. The van der Waals surface area contributed by atoms with Gasteiger partial charge in [0.15, 0.2) is 5.17 Å². The molecule has 0 aliphatic carbocycles. The van der Waals surface area contributed by atoms with Gasteiger partial charge in [0.05, 0.1) is 17.5 Å². The standard InChI is InChI=1S/C12H10N4O5S/c17-10(18)5-9-11(19)14-12(22-9)15-13-6-7-1-3-8(4-2-7)16(20)21/h1-4,6,9H,5H2,(H2-,14,15,17,18,19,20,21)/p+1/b13-6+. The van der Waals surface area contributed by atoms with Crippen LogP contribution in [0.3, 0.4) is 0 Å². The molecule has 0 bridgehead atoms. The lowest BCUT2D eigenvalue weighted by Gasteiger charge is -1.97. The number of carboxylic acids is 1. The van der Waals surface area contributed by atoms with Crippen LogP contribution in [0.15, 0.2) is 34.5 Å². The Morgan fingerprint density at radius 2 is 2.09 bits per heavy atom. The number of amides is 1. The molecule has 1 aromatic carbocycles. The summed E-state index contributed by atoms with van der Waals surface area (Å²) < 4.78 is 0. The molecule has 1 atom stereocenters. The second kappa shape index (κ2) is 6.80. The van der Waals surface area contributed by atoms with E-state index in [0.717, 1.165) is 11.8 Å². The molecule has 0 aromatic heterocycles. The van der Waals surface area contributed by atoms with Crippen LogP contribution in [0.5, 0.6) is 0 Å². The molecule has 0 radical (unpaired) electrons. The number of aliphatic carboxylic acids is 1. The first-order chi connectivity index (χ1) is 10.5. The van der Waals surface area contributed by atoms with Crippen molar-refractivity contribution in [2.24, 2.45) is 10.2 Å². The van der Waals surface area contributed by atoms with Gasteiger partial charge in [-0.15, -0.1) is 5.10 Å². The number of carbonyl (C=O) groups is 2. The lowest BCUT2D eigenvalue weighted by atomic mass is 10.2. The third-order valence-electron chi connectivity index (χ3n) is 2.61. The van der Waals surface area contributed by atoms with E-state index in [9.17, 15) is 14.5 Å². The van der Waals surface area contributed by atoms with Gasteiger partial charge in [-0.1, -0.05) is 11.8 Å².